The number of imidazole rings is 2. The number of aromatic amines is 2. The first-order valence-corrected chi connectivity index (χ1v) is 20.9. The summed E-state index contributed by atoms with van der Waals surface area (Å²) in [6.45, 7) is 9.34. The number of methoxy groups -OCH3 is 2. The first kappa shape index (κ1) is 41.3. The smallest absolute Gasteiger partial charge is 0.407 e. The van der Waals surface area contributed by atoms with Crippen molar-refractivity contribution in [3.05, 3.63) is 66.3 Å². The summed E-state index contributed by atoms with van der Waals surface area (Å²) in [4.78, 5) is 71.1. The van der Waals surface area contributed by atoms with Gasteiger partial charge in [0.05, 0.1) is 67.8 Å². The lowest BCUT2D eigenvalue weighted by Crippen LogP contribution is -2.51. The molecule has 3 aliphatic rings. The fourth-order valence-corrected chi connectivity index (χ4v) is 8.92. The van der Waals surface area contributed by atoms with Gasteiger partial charge in [-0.2, -0.15) is 0 Å². The van der Waals surface area contributed by atoms with E-state index in [1.54, 1.807) is 22.2 Å². The molecule has 3 unspecified atom stereocenters. The highest BCUT2D eigenvalue weighted by Gasteiger charge is 2.39. The van der Waals surface area contributed by atoms with E-state index in [-0.39, 0.29) is 41.6 Å². The number of nitrogens with one attached hydrogen (secondary N) is 4. The van der Waals surface area contributed by atoms with Crippen LogP contribution in [0.25, 0.3) is 44.7 Å². The van der Waals surface area contributed by atoms with Gasteiger partial charge in [0.1, 0.15) is 36.1 Å². The number of amides is 4. The second-order valence-corrected chi connectivity index (χ2v) is 16.6. The van der Waals surface area contributed by atoms with Crippen molar-refractivity contribution < 1.29 is 37.8 Å². The van der Waals surface area contributed by atoms with E-state index >= 15 is 4.39 Å². The minimum atomic E-state index is -0.743. The van der Waals surface area contributed by atoms with Gasteiger partial charge < -0.3 is 49.2 Å². The average Bonchev–Trinajstić information content (AvgIpc) is 4.11. The molecule has 16 nitrogen and oxygen atoms in total. The van der Waals surface area contributed by atoms with Crippen LogP contribution < -0.4 is 15.4 Å². The van der Waals surface area contributed by atoms with Crippen molar-refractivity contribution in [3.8, 4) is 39.5 Å². The number of alkyl carbamates (subject to hydrolysis) is 2. The van der Waals surface area contributed by atoms with Crippen LogP contribution in [-0.4, -0.2) is 104 Å². The molecule has 0 radical (unpaired) electrons. The maximum atomic E-state index is 16.7. The highest BCUT2D eigenvalue weighted by atomic mass is 19.1. The molecule has 0 bridgehead atoms. The zero-order valence-electron chi connectivity index (χ0n) is 35.2. The Morgan fingerprint density at radius 2 is 1.30 bits per heavy atom. The van der Waals surface area contributed by atoms with Crippen molar-refractivity contribution in [3.63, 3.8) is 0 Å². The molecule has 5 aromatic rings. The fourth-order valence-electron chi connectivity index (χ4n) is 8.92. The predicted molar refractivity (Wildman–Crippen MR) is 224 cm³/mol. The van der Waals surface area contributed by atoms with Crippen LogP contribution in [0.4, 0.5) is 14.0 Å². The van der Waals surface area contributed by atoms with E-state index in [1.807, 2.05) is 68.7 Å². The van der Waals surface area contributed by atoms with E-state index in [2.05, 4.69) is 30.6 Å². The van der Waals surface area contributed by atoms with Gasteiger partial charge in [-0.15, -0.1) is 0 Å². The number of hydrogen-bond donors (Lipinski definition) is 4. The molecule has 2 fully saturated rings. The Labute approximate surface area is 352 Å². The Morgan fingerprint density at radius 1 is 0.770 bits per heavy atom. The molecule has 61 heavy (non-hydrogen) atoms. The van der Waals surface area contributed by atoms with Gasteiger partial charge in [0.2, 0.25) is 11.8 Å². The molecule has 4 atom stereocenters. The second kappa shape index (κ2) is 16.9. The van der Waals surface area contributed by atoms with Gasteiger partial charge in [0.25, 0.3) is 0 Å². The molecule has 17 heteroatoms. The third kappa shape index (κ3) is 7.76. The number of likely N-dealkylation sites (tertiary alicyclic amines) is 2. The number of nitrogens with zero attached hydrogens (tertiary/aromatic N) is 5. The Hall–Kier alpha value is -6.39. The SMILES string of the molecule is COC(=O)NC(C(=O)N1CCCC1c1ncc(-c2ccc3c(c2)c(F)c2n3CCOc3cc(-c4cnc([C@H]5CCCN5C(=O)C(NC(=O)OC)C(C)C)[nH]4)ccc3-2)[nH]1)C(C)C. The molecule has 0 saturated carbocycles. The zero-order valence-corrected chi connectivity index (χ0v) is 35.2. The summed E-state index contributed by atoms with van der Waals surface area (Å²) < 4.78 is 34.5. The van der Waals surface area contributed by atoms with Crippen LogP contribution in [0.2, 0.25) is 0 Å². The summed E-state index contributed by atoms with van der Waals surface area (Å²) in [6, 6.07) is 9.25. The van der Waals surface area contributed by atoms with E-state index in [0.717, 1.165) is 41.6 Å². The first-order valence-electron chi connectivity index (χ1n) is 20.9. The van der Waals surface area contributed by atoms with Crippen LogP contribution in [0.15, 0.2) is 48.8 Å². The number of carbonyl (C=O) groups is 4. The van der Waals surface area contributed by atoms with Crippen LogP contribution >= 0.6 is 0 Å². The first-order chi connectivity index (χ1) is 29.4. The normalized spacial score (nSPS) is 18.4. The molecule has 4 amide bonds. The molecule has 6 heterocycles. The topological polar surface area (TPSA) is 189 Å². The summed E-state index contributed by atoms with van der Waals surface area (Å²) in [5.41, 5.74) is 4.76. The lowest BCUT2D eigenvalue weighted by Gasteiger charge is -2.30. The van der Waals surface area contributed by atoms with Gasteiger partial charge in [-0.25, -0.2) is 23.9 Å². The van der Waals surface area contributed by atoms with E-state index in [1.165, 1.54) is 14.2 Å². The van der Waals surface area contributed by atoms with Gasteiger partial charge >= 0.3 is 12.2 Å². The van der Waals surface area contributed by atoms with Crippen molar-refractivity contribution in [2.75, 3.05) is 33.9 Å². The van der Waals surface area contributed by atoms with Crippen molar-refractivity contribution in [2.45, 2.75) is 84.1 Å². The minimum absolute atomic E-state index is 0.147. The Bertz CT molecular complexity index is 2470. The molecule has 2 aromatic carbocycles. The summed E-state index contributed by atoms with van der Waals surface area (Å²) >= 11 is 0. The van der Waals surface area contributed by atoms with Gasteiger partial charge in [-0.05, 0) is 61.8 Å². The number of hydrogen-bond acceptors (Lipinski definition) is 9. The van der Waals surface area contributed by atoms with E-state index < -0.39 is 24.3 Å². The molecule has 8 rings (SSSR count). The Kier molecular flexibility index (Phi) is 11.5. The predicted octanol–water partition coefficient (Wildman–Crippen LogP) is 6.71. The van der Waals surface area contributed by atoms with Crippen molar-refractivity contribution in [2.24, 2.45) is 11.8 Å². The number of H-pyrrole nitrogens is 2. The average molecular weight is 838 g/mol. The molecule has 322 valence electrons. The number of fused-ring (bicyclic) bond motifs is 5. The summed E-state index contributed by atoms with van der Waals surface area (Å²) in [5.74, 6) is 0.769. The molecule has 0 aliphatic carbocycles. The third-order valence-electron chi connectivity index (χ3n) is 12.1. The van der Waals surface area contributed by atoms with Crippen LogP contribution in [0.1, 0.15) is 77.1 Å². The van der Waals surface area contributed by atoms with Crippen molar-refractivity contribution in [1.82, 2.24) is 44.9 Å². The van der Waals surface area contributed by atoms with Gasteiger partial charge in [-0.3, -0.25) is 9.59 Å². The minimum Gasteiger partial charge on any atom is -0.491 e. The lowest BCUT2D eigenvalue weighted by atomic mass is 10.0. The molecule has 3 aliphatic heterocycles. The van der Waals surface area contributed by atoms with E-state index in [0.29, 0.717) is 72.4 Å². The number of rotatable bonds is 10. The standard InChI is InChI=1S/C44H52FN9O7/c1-23(2)36(50-43(57)59-5)41(55)53-15-7-9-32(53)39-46-21-29(48-39)25-12-14-31-28(19-25)35(45)38-27-13-11-26(20-34(27)61-18-17-52(31)38)30-22-47-40(49-30)33-10-8-16-54(33)42(56)37(24(3)4)51-44(58)60-6/h11-14,19-24,32-33,36-37H,7-10,15-18H2,1-6H3,(H,46,48)(H,47,49)(H,50,57)(H,51,58)/t32?,33-,36?,37?/m1/s1. The summed E-state index contributed by atoms with van der Waals surface area (Å²) in [7, 11) is 2.54. The maximum absolute atomic E-state index is 16.7. The quantitative estimate of drug-likeness (QED) is 0.119. The monoisotopic (exact) mass is 837 g/mol. The largest absolute Gasteiger partial charge is 0.491 e. The summed E-state index contributed by atoms with van der Waals surface area (Å²) in [6.07, 6.45) is 5.15. The third-order valence-corrected chi connectivity index (χ3v) is 12.1. The second-order valence-electron chi connectivity index (χ2n) is 16.6. The Morgan fingerprint density at radius 3 is 1.82 bits per heavy atom. The number of halogens is 1. The van der Waals surface area contributed by atoms with E-state index in [9.17, 15) is 19.2 Å². The van der Waals surface area contributed by atoms with Crippen LogP contribution in [0, 0.1) is 17.7 Å². The lowest BCUT2D eigenvalue weighted by molar-refractivity contribution is -0.136. The number of aromatic nitrogens is 5. The zero-order chi connectivity index (χ0) is 43.1. The van der Waals surface area contributed by atoms with Crippen LogP contribution in [0.3, 0.4) is 0 Å². The number of carbonyl (C=O) groups excluding carboxylic acids is 4. The molecule has 0 spiro atoms. The highest BCUT2D eigenvalue weighted by Crippen LogP contribution is 2.42. The van der Waals surface area contributed by atoms with Crippen molar-refractivity contribution in [1.29, 1.82) is 0 Å². The molecule has 3 aromatic heterocycles. The maximum Gasteiger partial charge on any atom is 0.407 e. The Balaban J connectivity index is 1.03. The molecular weight excluding hydrogens is 786 g/mol. The fraction of sp³-hybridized carbons (Fsp3) is 0.455. The van der Waals surface area contributed by atoms with E-state index in [4.69, 9.17) is 14.2 Å². The molecular formula is C44H52FN9O7. The van der Waals surface area contributed by atoms with Gasteiger partial charge in [0.15, 0.2) is 5.82 Å². The van der Waals surface area contributed by atoms with Gasteiger partial charge in [0, 0.05) is 35.2 Å². The molecule has 4 N–H and O–H groups in total. The summed E-state index contributed by atoms with van der Waals surface area (Å²) in [5, 5.41) is 5.82. The highest BCUT2D eigenvalue weighted by molar-refractivity contribution is 5.93. The number of ether oxygens (including phenoxy) is 3. The van der Waals surface area contributed by atoms with Gasteiger partial charge in [-0.1, -0.05) is 39.8 Å². The van der Waals surface area contributed by atoms with Crippen molar-refractivity contribution >= 4 is 34.9 Å². The van der Waals surface area contributed by atoms with Crippen LogP contribution in [-0.2, 0) is 25.6 Å². The molecule has 2 saturated heterocycles. The number of benzene rings is 2. The van der Waals surface area contributed by atoms with Crippen LogP contribution in [0.5, 0.6) is 5.75 Å².